The van der Waals surface area contributed by atoms with Crippen LogP contribution in [0.2, 0.25) is 0 Å². The SMILES string of the molecule is CCOC(=O)c1nc(C)nc2sc(C3CCC(F)(F)CC3)cc12. The number of aromatic nitrogens is 2. The molecule has 4 nitrogen and oxygen atoms in total. The highest BCUT2D eigenvalue weighted by atomic mass is 32.1. The van der Waals surface area contributed by atoms with Gasteiger partial charge in [-0.15, -0.1) is 11.3 Å². The lowest BCUT2D eigenvalue weighted by Crippen LogP contribution is -2.23. The van der Waals surface area contributed by atoms with Gasteiger partial charge in [-0.3, -0.25) is 0 Å². The zero-order valence-electron chi connectivity index (χ0n) is 13.1. The molecule has 1 saturated carbocycles. The summed E-state index contributed by atoms with van der Waals surface area (Å²) in [5, 5.41) is 0.659. The molecule has 1 fully saturated rings. The van der Waals surface area contributed by atoms with E-state index in [0.717, 1.165) is 4.88 Å². The summed E-state index contributed by atoms with van der Waals surface area (Å²) in [5.74, 6) is -2.41. The predicted octanol–water partition coefficient (Wildman–Crippen LogP) is 4.47. The highest BCUT2D eigenvalue weighted by molar-refractivity contribution is 7.18. The van der Waals surface area contributed by atoms with Crippen molar-refractivity contribution in [2.75, 3.05) is 6.61 Å². The van der Waals surface area contributed by atoms with Gasteiger partial charge in [-0.1, -0.05) is 0 Å². The summed E-state index contributed by atoms with van der Waals surface area (Å²) in [4.78, 5) is 22.4. The largest absolute Gasteiger partial charge is 0.461 e. The zero-order valence-corrected chi connectivity index (χ0v) is 13.9. The summed E-state index contributed by atoms with van der Waals surface area (Å²) in [5.41, 5.74) is 0.262. The number of hydrogen-bond donors (Lipinski definition) is 0. The minimum atomic E-state index is -2.54. The Morgan fingerprint density at radius 3 is 2.74 bits per heavy atom. The molecule has 23 heavy (non-hydrogen) atoms. The van der Waals surface area contributed by atoms with Crippen LogP contribution in [-0.4, -0.2) is 28.5 Å². The van der Waals surface area contributed by atoms with Gasteiger partial charge in [-0.05, 0) is 38.7 Å². The molecule has 124 valence electrons. The molecule has 2 aromatic heterocycles. The van der Waals surface area contributed by atoms with E-state index in [2.05, 4.69) is 9.97 Å². The van der Waals surface area contributed by atoms with E-state index in [1.807, 2.05) is 6.07 Å². The molecule has 0 aliphatic heterocycles. The molecule has 3 rings (SSSR count). The van der Waals surface area contributed by atoms with Crippen molar-refractivity contribution in [1.82, 2.24) is 9.97 Å². The van der Waals surface area contributed by atoms with Gasteiger partial charge < -0.3 is 4.74 Å². The van der Waals surface area contributed by atoms with Crippen LogP contribution in [0.25, 0.3) is 10.2 Å². The smallest absolute Gasteiger partial charge is 0.357 e. The predicted molar refractivity (Wildman–Crippen MR) is 84.3 cm³/mol. The molecule has 0 N–H and O–H groups in total. The van der Waals surface area contributed by atoms with Crippen LogP contribution in [0.15, 0.2) is 6.07 Å². The second-order valence-corrected chi connectivity index (χ2v) is 6.90. The number of thiophene rings is 1. The average molecular weight is 340 g/mol. The van der Waals surface area contributed by atoms with Gasteiger partial charge >= 0.3 is 5.97 Å². The van der Waals surface area contributed by atoms with Crippen LogP contribution in [0.4, 0.5) is 8.78 Å². The van der Waals surface area contributed by atoms with Crippen LogP contribution >= 0.6 is 11.3 Å². The quantitative estimate of drug-likeness (QED) is 0.774. The molecule has 0 amide bonds. The van der Waals surface area contributed by atoms with Crippen LogP contribution in [0.5, 0.6) is 0 Å². The number of alkyl halides is 2. The average Bonchev–Trinajstić information content (AvgIpc) is 2.90. The number of carbonyl (C=O) groups excluding carboxylic acids is 1. The lowest BCUT2D eigenvalue weighted by molar-refractivity contribution is -0.0379. The molecule has 7 heteroatoms. The van der Waals surface area contributed by atoms with E-state index in [1.165, 1.54) is 11.3 Å². The normalized spacial score (nSPS) is 18.3. The Morgan fingerprint density at radius 1 is 1.39 bits per heavy atom. The summed E-state index contributed by atoms with van der Waals surface area (Å²) in [6, 6.07) is 1.87. The Morgan fingerprint density at radius 2 is 2.09 bits per heavy atom. The van der Waals surface area contributed by atoms with E-state index in [0.29, 0.717) is 28.9 Å². The third kappa shape index (κ3) is 3.34. The summed E-state index contributed by atoms with van der Waals surface area (Å²) in [6.07, 6.45) is 0.755. The summed E-state index contributed by atoms with van der Waals surface area (Å²) >= 11 is 1.46. The number of halogens is 2. The van der Waals surface area contributed by atoms with Crippen molar-refractivity contribution in [1.29, 1.82) is 0 Å². The zero-order chi connectivity index (χ0) is 16.6. The third-order valence-corrected chi connectivity index (χ3v) is 5.30. The summed E-state index contributed by atoms with van der Waals surface area (Å²) < 4.78 is 31.7. The third-order valence-electron chi connectivity index (χ3n) is 4.11. The first-order chi connectivity index (χ1) is 10.9. The minimum Gasteiger partial charge on any atom is -0.461 e. The maximum absolute atomic E-state index is 13.3. The Hall–Kier alpha value is -1.63. The molecule has 0 aromatic carbocycles. The number of nitrogens with zero attached hydrogens (tertiary/aromatic N) is 2. The fraction of sp³-hybridized carbons (Fsp3) is 0.562. The van der Waals surface area contributed by atoms with Crippen LogP contribution in [-0.2, 0) is 4.74 Å². The van der Waals surface area contributed by atoms with Crippen LogP contribution in [0, 0.1) is 6.92 Å². The van der Waals surface area contributed by atoms with Gasteiger partial charge in [0.2, 0.25) is 5.92 Å². The lowest BCUT2D eigenvalue weighted by Gasteiger charge is -2.27. The monoisotopic (exact) mass is 340 g/mol. The number of rotatable bonds is 3. The molecule has 1 aliphatic rings. The standard InChI is InChI=1S/C16H18F2N2O2S/c1-3-22-15(21)13-11-8-12(23-14(11)20-9(2)19-13)10-4-6-16(17,18)7-5-10/h8,10H,3-7H2,1-2H3. The van der Waals surface area contributed by atoms with Gasteiger partial charge in [0.25, 0.3) is 0 Å². The Balaban J connectivity index is 1.95. The van der Waals surface area contributed by atoms with E-state index < -0.39 is 11.9 Å². The van der Waals surface area contributed by atoms with Gasteiger partial charge in [0.15, 0.2) is 5.69 Å². The lowest BCUT2D eigenvalue weighted by atomic mass is 9.86. The van der Waals surface area contributed by atoms with Gasteiger partial charge in [-0.25, -0.2) is 23.5 Å². The van der Waals surface area contributed by atoms with E-state index in [4.69, 9.17) is 4.74 Å². The van der Waals surface area contributed by atoms with E-state index in [9.17, 15) is 13.6 Å². The highest BCUT2D eigenvalue weighted by Crippen LogP contribution is 2.44. The summed E-state index contributed by atoms with van der Waals surface area (Å²) in [7, 11) is 0. The topological polar surface area (TPSA) is 52.1 Å². The molecule has 0 spiro atoms. The van der Waals surface area contributed by atoms with Crippen molar-refractivity contribution >= 4 is 27.5 Å². The Bertz CT molecular complexity index is 735. The van der Waals surface area contributed by atoms with Crippen molar-refractivity contribution < 1.29 is 18.3 Å². The molecule has 2 heterocycles. The molecular weight excluding hydrogens is 322 g/mol. The number of hydrogen-bond acceptors (Lipinski definition) is 5. The van der Waals surface area contributed by atoms with Crippen molar-refractivity contribution in [2.45, 2.75) is 51.4 Å². The fourth-order valence-corrected chi connectivity index (χ4v) is 4.17. The van der Waals surface area contributed by atoms with Crippen LogP contribution in [0.1, 0.15) is 59.7 Å². The first-order valence-corrected chi connectivity index (χ1v) is 8.54. The second-order valence-electron chi connectivity index (χ2n) is 5.84. The van der Waals surface area contributed by atoms with E-state index in [-0.39, 0.29) is 31.1 Å². The van der Waals surface area contributed by atoms with Crippen molar-refractivity contribution in [3.05, 3.63) is 22.5 Å². The number of esters is 1. The van der Waals surface area contributed by atoms with Gasteiger partial charge in [-0.2, -0.15) is 0 Å². The van der Waals surface area contributed by atoms with E-state index in [1.54, 1.807) is 13.8 Å². The highest BCUT2D eigenvalue weighted by Gasteiger charge is 2.36. The number of ether oxygens (including phenoxy) is 1. The first-order valence-electron chi connectivity index (χ1n) is 7.72. The minimum absolute atomic E-state index is 0.0820. The molecule has 0 atom stereocenters. The maximum Gasteiger partial charge on any atom is 0.357 e. The first kappa shape index (κ1) is 16.2. The number of carbonyl (C=O) groups is 1. The van der Waals surface area contributed by atoms with Crippen LogP contribution in [0.3, 0.4) is 0 Å². The molecule has 0 saturated heterocycles. The summed E-state index contributed by atoms with van der Waals surface area (Å²) in [6.45, 7) is 3.74. The van der Waals surface area contributed by atoms with Crippen LogP contribution < -0.4 is 0 Å². The molecule has 0 radical (unpaired) electrons. The Kier molecular flexibility index (Phi) is 4.31. The maximum atomic E-state index is 13.3. The molecule has 1 aliphatic carbocycles. The Labute approximate surface area is 136 Å². The van der Waals surface area contributed by atoms with Crippen molar-refractivity contribution in [2.24, 2.45) is 0 Å². The second kappa shape index (κ2) is 6.11. The van der Waals surface area contributed by atoms with E-state index >= 15 is 0 Å². The number of fused-ring (bicyclic) bond motifs is 1. The molecular formula is C16H18F2N2O2S. The molecule has 0 unspecified atom stereocenters. The molecule has 0 bridgehead atoms. The van der Waals surface area contributed by atoms with Gasteiger partial charge in [0.05, 0.1) is 6.61 Å². The van der Waals surface area contributed by atoms with Crippen molar-refractivity contribution in [3.63, 3.8) is 0 Å². The van der Waals surface area contributed by atoms with Crippen molar-refractivity contribution in [3.8, 4) is 0 Å². The van der Waals surface area contributed by atoms with Gasteiger partial charge in [0.1, 0.15) is 10.7 Å². The molecule has 2 aromatic rings. The van der Waals surface area contributed by atoms with Gasteiger partial charge in [0, 0.05) is 23.1 Å². The fourth-order valence-electron chi connectivity index (χ4n) is 2.93. The number of aryl methyl sites for hydroxylation is 1.